The van der Waals surface area contributed by atoms with Crippen LogP contribution < -0.4 is 0 Å². The van der Waals surface area contributed by atoms with E-state index in [1.807, 2.05) is 0 Å². The number of ether oxygens (including phenoxy) is 1. The summed E-state index contributed by atoms with van der Waals surface area (Å²) < 4.78 is 5.32. The molecule has 2 radical (unpaired) electrons. The van der Waals surface area contributed by atoms with Crippen molar-refractivity contribution in [2.45, 2.75) is 38.3 Å². The quantitative estimate of drug-likeness (QED) is 0.617. The van der Waals surface area contributed by atoms with Crippen molar-refractivity contribution >= 4 is 0 Å². The third-order valence-electron chi connectivity index (χ3n) is 2.94. The summed E-state index contributed by atoms with van der Waals surface area (Å²) >= 11 is 0. The molecule has 1 fully saturated rings. The number of likely N-dealkylation sites (tertiary alicyclic amines) is 1. The van der Waals surface area contributed by atoms with Gasteiger partial charge in [0.2, 0.25) is 0 Å². The van der Waals surface area contributed by atoms with Crippen molar-refractivity contribution in [2.24, 2.45) is 0 Å². The van der Waals surface area contributed by atoms with Crippen LogP contribution in [0, 0.1) is 18.8 Å². The highest BCUT2D eigenvalue weighted by Gasteiger charge is 2.28. The molecule has 0 aromatic rings. The van der Waals surface area contributed by atoms with Crippen LogP contribution in [0.15, 0.2) is 0 Å². The first-order valence-corrected chi connectivity index (χ1v) is 5.11. The van der Waals surface area contributed by atoms with Gasteiger partial charge in [0.15, 0.2) is 0 Å². The molecule has 78 valence electrons. The van der Waals surface area contributed by atoms with E-state index in [0.29, 0.717) is 6.10 Å². The Morgan fingerprint density at radius 2 is 1.93 bits per heavy atom. The van der Waals surface area contributed by atoms with Gasteiger partial charge in [0.25, 0.3) is 0 Å². The molecule has 0 spiro atoms. The highest BCUT2D eigenvalue weighted by atomic mass is 16.5. The van der Waals surface area contributed by atoms with Gasteiger partial charge in [0.05, 0.1) is 18.6 Å². The maximum atomic E-state index is 5.32. The SMILES string of the molecule is [CH]C#CC(C)(C)N1CCC(OC)CC1. The Morgan fingerprint density at radius 1 is 1.36 bits per heavy atom. The van der Waals surface area contributed by atoms with Gasteiger partial charge in [-0.25, -0.2) is 0 Å². The van der Waals surface area contributed by atoms with Gasteiger partial charge in [-0.15, -0.1) is 0 Å². The molecule has 0 bridgehead atoms. The average Bonchev–Trinajstić information content (AvgIpc) is 2.18. The Kier molecular flexibility index (Phi) is 3.97. The molecule has 0 aliphatic carbocycles. The van der Waals surface area contributed by atoms with Crippen molar-refractivity contribution < 1.29 is 4.74 Å². The van der Waals surface area contributed by atoms with Crippen molar-refractivity contribution in [3.05, 3.63) is 6.92 Å². The molecule has 14 heavy (non-hydrogen) atoms. The van der Waals surface area contributed by atoms with Gasteiger partial charge >= 0.3 is 0 Å². The zero-order chi connectivity index (χ0) is 10.6. The van der Waals surface area contributed by atoms with Crippen molar-refractivity contribution in [3.63, 3.8) is 0 Å². The molecular formula is C12H19NO. The summed E-state index contributed by atoms with van der Waals surface area (Å²) in [5.41, 5.74) is -0.104. The van der Waals surface area contributed by atoms with Crippen molar-refractivity contribution in [3.8, 4) is 11.8 Å². The second-order valence-corrected chi connectivity index (χ2v) is 4.25. The third kappa shape index (κ3) is 2.73. The third-order valence-corrected chi connectivity index (χ3v) is 2.94. The molecule has 0 unspecified atom stereocenters. The smallest absolute Gasteiger partial charge is 0.0768 e. The van der Waals surface area contributed by atoms with E-state index in [-0.39, 0.29) is 5.54 Å². The van der Waals surface area contributed by atoms with Crippen LogP contribution in [-0.2, 0) is 4.74 Å². The maximum Gasteiger partial charge on any atom is 0.0768 e. The van der Waals surface area contributed by atoms with Gasteiger partial charge in [-0.1, -0.05) is 11.8 Å². The van der Waals surface area contributed by atoms with Crippen molar-refractivity contribution in [1.29, 1.82) is 0 Å². The van der Waals surface area contributed by atoms with Gasteiger partial charge < -0.3 is 4.74 Å². The number of hydrogen-bond acceptors (Lipinski definition) is 2. The number of methoxy groups -OCH3 is 1. The van der Waals surface area contributed by atoms with E-state index in [2.05, 4.69) is 30.6 Å². The lowest BCUT2D eigenvalue weighted by atomic mass is 9.98. The average molecular weight is 193 g/mol. The highest BCUT2D eigenvalue weighted by molar-refractivity contribution is 5.16. The number of nitrogens with zero attached hydrogens (tertiary/aromatic N) is 1. The number of hydrogen-bond donors (Lipinski definition) is 0. The predicted octanol–water partition coefficient (Wildman–Crippen LogP) is 1.59. The van der Waals surface area contributed by atoms with Crippen LogP contribution in [0.2, 0.25) is 0 Å². The highest BCUT2D eigenvalue weighted by Crippen LogP contribution is 2.21. The summed E-state index contributed by atoms with van der Waals surface area (Å²) in [4.78, 5) is 2.36. The topological polar surface area (TPSA) is 12.5 Å². The molecule has 2 heteroatoms. The van der Waals surface area contributed by atoms with Gasteiger partial charge in [-0.05, 0) is 26.7 Å². The Bertz CT molecular complexity index is 228. The Labute approximate surface area is 87.6 Å². The van der Waals surface area contributed by atoms with Crippen LogP contribution in [-0.4, -0.2) is 36.7 Å². The van der Waals surface area contributed by atoms with Crippen LogP contribution in [0.5, 0.6) is 0 Å². The second kappa shape index (κ2) is 4.82. The molecule has 1 aliphatic rings. The van der Waals surface area contributed by atoms with Gasteiger partial charge in [0, 0.05) is 20.2 Å². The van der Waals surface area contributed by atoms with Crippen LogP contribution in [0.25, 0.3) is 0 Å². The Morgan fingerprint density at radius 3 is 2.36 bits per heavy atom. The van der Waals surface area contributed by atoms with Crippen molar-refractivity contribution in [1.82, 2.24) is 4.90 Å². The summed E-state index contributed by atoms with van der Waals surface area (Å²) in [6, 6.07) is 0. The zero-order valence-electron chi connectivity index (χ0n) is 9.34. The molecule has 0 N–H and O–H groups in total. The minimum Gasteiger partial charge on any atom is -0.381 e. The van der Waals surface area contributed by atoms with E-state index in [1.165, 1.54) is 0 Å². The van der Waals surface area contributed by atoms with E-state index >= 15 is 0 Å². The lowest BCUT2D eigenvalue weighted by Crippen LogP contribution is -2.48. The molecule has 0 saturated carbocycles. The van der Waals surface area contributed by atoms with E-state index in [0.717, 1.165) is 25.9 Å². The molecule has 1 aliphatic heterocycles. The van der Waals surface area contributed by atoms with Crippen molar-refractivity contribution in [2.75, 3.05) is 20.2 Å². The zero-order valence-corrected chi connectivity index (χ0v) is 9.34. The molecule has 0 aromatic carbocycles. The normalized spacial score (nSPS) is 20.3. The number of rotatable bonds is 2. The monoisotopic (exact) mass is 193 g/mol. The van der Waals surface area contributed by atoms with E-state index in [1.54, 1.807) is 7.11 Å². The van der Waals surface area contributed by atoms with E-state index < -0.39 is 0 Å². The summed E-state index contributed by atoms with van der Waals surface area (Å²) in [6.07, 6.45) is 2.60. The van der Waals surface area contributed by atoms with Gasteiger partial charge in [-0.2, -0.15) is 0 Å². The summed E-state index contributed by atoms with van der Waals surface area (Å²) in [5.74, 6) is 5.54. The van der Waals surface area contributed by atoms with Crippen LogP contribution in [0.4, 0.5) is 0 Å². The fourth-order valence-corrected chi connectivity index (χ4v) is 1.91. The molecule has 1 saturated heterocycles. The predicted molar refractivity (Wildman–Crippen MR) is 57.8 cm³/mol. The van der Waals surface area contributed by atoms with Gasteiger partial charge in [-0.3, -0.25) is 4.90 Å². The molecule has 0 aromatic heterocycles. The fraction of sp³-hybridized carbons (Fsp3) is 0.750. The van der Waals surface area contributed by atoms with Crippen LogP contribution in [0.3, 0.4) is 0 Å². The Hall–Kier alpha value is -0.520. The van der Waals surface area contributed by atoms with E-state index in [9.17, 15) is 0 Å². The molecule has 2 nitrogen and oxygen atoms in total. The van der Waals surface area contributed by atoms with E-state index in [4.69, 9.17) is 11.7 Å². The minimum atomic E-state index is -0.104. The summed E-state index contributed by atoms with van der Waals surface area (Å²) in [5, 5.41) is 0. The largest absolute Gasteiger partial charge is 0.381 e. The summed E-state index contributed by atoms with van der Waals surface area (Å²) in [6.45, 7) is 11.6. The minimum absolute atomic E-state index is 0.104. The van der Waals surface area contributed by atoms with Crippen LogP contribution >= 0.6 is 0 Å². The standard InChI is InChI=1S/C12H19NO/c1-5-8-12(2,3)13-9-6-11(14-4)7-10-13/h1,11H,6-7,9-10H2,2-4H3. The summed E-state index contributed by atoms with van der Waals surface area (Å²) in [7, 11) is 1.78. The molecular weight excluding hydrogens is 174 g/mol. The first-order chi connectivity index (χ1) is 6.60. The number of piperidine rings is 1. The lowest BCUT2D eigenvalue weighted by molar-refractivity contribution is 0.0205. The molecule has 1 rings (SSSR count). The first kappa shape index (κ1) is 11.6. The fourth-order valence-electron chi connectivity index (χ4n) is 1.91. The van der Waals surface area contributed by atoms with Gasteiger partial charge in [0.1, 0.15) is 0 Å². The molecule has 0 amide bonds. The lowest BCUT2D eigenvalue weighted by Gasteiger charge is -2.39. The van der Waals surface area contributed by atoms with Crippen LogP contribution in [0.1, 0.15) is 26.7 Å². The Balaban J connectivity index is 2.51. The molecule has 1 heterocycles. The molecule has 0 atom stereocenters. The second-order valence-electron chi connectivity index (χ2n) is 4.25. The first-order valence-electron chi connectivity index (χ1n) is 5.11. The maximum absolute atomic E-state index is 5.32.